The maximum atomic E-state index is 11.5. The molecule has 0 amide bonds. The Kier molecular flexibility index (Phi) is 3.56. The van der Waals surface area contributed by atoms with Crippen LogP contribution in [0.5, 0.6) is 0 Å². The molecule has 0 aliphatic carbocycles. The number of aromatic nitrogens is 2. The standard InChI is InChI=1S/C9H15N3O5/c1-9(2,3)16-6(13)5(10)4-12-7(14)11-8(15)17-12/h5H,4,10H2,1-3H3,(H,11,14,15)/t5-/m0/s1. The van der Waals surface area contributed by atoms with E-state index in [0.29, 0.717) is 4.74 Å². The number of carbonyl (C=O) groups excluding carboxylic acids is 1. The molecule has 0 unspecified atom stereocenters. The van der Waals surface area contributed by atoms with Crippen LogP contribution < -0.4 is 17.2 Å². The second-order valence-corrected chi connectivity index (χ2v) is 4.51. The van der Waals surface area contributed by atoms with Gasteiger partial charge in [-0.05, 0) is 20.8 Å². The third-order valence-electron chi connectivity index (χ3n) is 1.70. The highest BCUT2D eigenvalue weighted by atomic mass is 16.6. The van der Waals surface area contributed by atoms with Crippen molar-refractivity contribution in [2.75, 3.05) is 0 Å². The van der Waals surface area contributed by atoms with Gasteiger partial charge >= 0.3 is 17.4 Å². The fourth-order valence-corrected chi connectivity index (χ4v) is 1.06. The van der Waals surface area contributed by atoms with Gasteiger partial charge in [0.05, 0.1) is 6.54 Å². The first-order valence-electron chi connectivity index (χ1n) is 4.98. The van der Waals surface area contributed by atoms with Gasteiger partial charge in [0.1, 0.15) is 11.6 Å². The maximum absolute atomic E-state index is 11.5. The Morgan fingerprint density at radius 3 is 2.53 bits per heavy atom. The number of hydrogen-bond acceptors (Lipinski definition) is 6. The fourth-order valence-electron chi connectivity index (χ4n) is 1.06. The summed E-state index contributed by atoms with van der Waals surface area (Å²) in [7, 11) is 0. The third-order valence-corrected chi connectivity index (χ3v) is 1.70. The van der Waals surface area contributed by atoms with Gasteiger partial charge in [-0.2, -0.15) is 0 Å². The minimum absolute atomic E-state index is 0.257. The van der Waals surface area contributed by atoms with Crippen molar-refractivity contribution < 1.29 is 14.1 Å². The molecule has 1 aromatic heterocycles. The number of carbonyl (C=O) groups is 1. The van der Waals surface area contributed by atoms with Crippen LogP contribution in [0, 0.1) is 0 Å². The average Bonchev–Trinajstić information content (AvgIpc) is 2.42. The number of rotatable bonds is 3. The second kappa shape index (κ2) is 4.58. The molecule has 1 atom stereocenters. The number of hydrogen-bond donors (Lipinski definition) is 2. The molecule has 8 nitrogen and oxygen atoms in total. The van der Waals surface area contributed by atoms with E-state index in [2.05, 4.69) is 4.52 Å². The Balaban J connectivity index is 2.70. The molecule has 96 valence electrons. The van der Waals surface area contributed by atoms with Crippen molar-refractivity contribution in [2.24, 2.45) is 5.73 Å². The van der Waals surface area contributed by atoms with Crippen LogP contribution >= 0.6 is 0 Å². The lowest BCUT2D eigenvalue weighted by atomic mass is 10.2. The summed E-state index contributed by atoms with van der Waals surface area (Å²) in [6.07, 6.45) is 0. The number of aromatic amines is 1. The molecule has 0 saturated heterocycles. The predicted molar refractivity (Wildman–Crippen MR) is 57.4 cm³/mol. The highest BCUT2D eigenvalue weighted by molar-refractivity contribution is 5.75. The molecular formula is C9H15N3O5. The first-order chi connectivity index (χ1) is 7.69. The Bertz CT molecular complexity index is 504. The zero-order chi connectivity index (χ0) is 13.2. The lowest BCUT2D eigenvalue weighted by Gasteiger charge is -2.21. The third kappa shape index (κ3) is 3.91. The molecule has 1 rings (SSSR count). The number of esters is 1. The van der Waals surface area contributed by atoms with E-state index in [1.54, 1.807) is 20.8 Å². The molecule has 0 fully saturated rings. The lowest BCUT2D eigenvalue weighted by molar-refractivity contribution is -0.157. The Morgan fingerprint density at radius 1 is 1.53 bits per heavy atom. The normalized spacial score (nSPS) is 13.4. The van der Waals surface area contributed by atoms with E-state index in [1.807, 2.05) is 4.98 Å². The largest absolute Gasteiger partial charge is 0.459 e. The summed E-state index contributed by atoms with van der Waals surface area (Å²) in [5.41, 5.74) is 4.10. The van der Waals surface area contributed by atoms with Crippen LogP contribution in [0.2, 0.25) is 0 Å². The number of nitrogens with zero attached hydrogens (tertiary/aromatic N) is 1. The number of nitrogens with two attached hydrogens (primary N) is 1. The highest BCUT2D eigenvalue weighted by Crippen LogP contribution is 2.08. The molecule has 0 aromatic carbocycles. The zero-order valence-electron chi connectivity index (χ0n) is 9.85. The molecule has 1 heterocycles. The van der Waals surface area contributed by atoms with Gasteiger partial charge in [0.2, 0.25) is 0 Å². The second-order valence-electron chi connectivity index (χ2n) is 4.51. The summed E-state index contributed by atoms with van der Waals surface area (Å²) in [4.78, 5) is 35.1. The predicted octanol–water partition coefficient (Wildman–Crippen LogP) is -1.20. The van der Waals surface area contributed by atoms with Crippen LogP contribution in [-0.2, 0) is 16.1 Å². The van der Waals surface area contributed by atoms with Crippen molar-refractivity contribution in [1.29, 1.82) is 0 Å². The van der Waals surface area contributed by atoms with Crippen molar-refractivity contribution >= 4 is 5.97 Å². The van der Waals surface area contributed by atoms with Crippen LogP contribution in [-0.4, -0.2) is 27.3 Å². The number of H-pyrrole nitrogens is 1. The van der Waals surface area contributed by atoms with Gasteiger partial charge in [-0.25, -0.2) is 14.6 Å². The molecule has 3 N–H and O–H groups in total. The van der Waals surface area contributed by atoms with E-state index in [4.69, 9.17) is 10.5 Å². The van der Waals surface area contributed by atoms with Gasteiger partial charge in [-0.3, -0.25) is 4.79 Å². The molecule has 0 bridgehead atoms. The maximum Gasteiger partial charge on any atom is 0.440 e. The first kappa shape index (κ1) is 13.2. The van der Waals surface area contributed by atoms with E-state index in [-0.39, 0.29) is 6.54 Å². The summed E-state index contributed by atoms with van der Waals surface area (Å²) in [6, 6.07) is -1.08. The summed E-state index contributed by atoms with van der Waals surface area (Å²) < 4.78 is 10.2. The van der Waals surface area contributed by atoms with Crippen molar-refractivity contribution in [2.45, 2.75) is 39.0 Å². The molecule has 1 aromatic rings. The molecule has 17 heavy (non-hydrogen) atoms. The Hall–Kier alpha value is -1.83. The number of nitrogens with one attached hydrogen (secondary N) is 1. The van der Waals surface area contributed by atoms with Crippen LogP contribution in [0.25, 0.3) is 0 Å². The number of ether oxygens (including phenoxy) is 1. The molecule has 0 aliphatic heterocycles. The fraction of sp³-hybridized carbons (Fsp3) is 0.667. The molecule has 0 radical (unpaired) electrons. The van der Waals surface area contributed by atoms with Crippen molar-refractivity contribution in [1.82, 2.24) is 9.72 Å². The average molecular weight is 245 g/mol. The monoisotopic (exact) mass is 245 g/mol. The first-order valence-corrected chi connectivity index (χ1v) is 4.98. The molecular weight excluding hydrogens is 230 g/mol. The van der Waals surface area contributed by atoms with E-state index >= 15 is 0 Å². The lowest BCUT2D eigenvalue weighted by Crippen LogP contribution is -2.41. The smallest absolute Gasteiger partial charge is 0.440 e. The molecule has 0 spiro atoms. The van der Waals surface area contributed by atoms with Gasteiger partial charge in [0.25, 0.3) is 0 Å². The van der Waals surface area contributed by atoms with Crippen molar-refractivity contribution in [3.05, 3.63) is 21.0 Å². The molecule has 0 aliphatic rings. The summed E-state index contributed by atoms with van der Waals surface area (Å²) in [5, 5.41) is 0. The van der Waals surface area contributed by atoms with Crippen LogP contribution in [0.1, 0.15) is 20.8 Å². The van der Waals surface area contributed by atoms with Gasteiger partial charge in [0.15, 0.2) is 0 Å². The molecule has 8 heteroatoms. The zero-order valence-corrected chi connectivity index (χ0v) is 9.85. The van der Waals surface area contributed by atoms with Crippen LogP contribution in [0.15, 0.2) is 14.1 Å². The summed E-state index contributed by atoms with van der Waals surface area (Å²) in [5.74, 6) is -1.57. The minimum atomic E-state index is -1.08. The Morgan fingerprint density at radius 2 is 2.12 bits per heavy atom. The van der Waals surface area contributed by atoms with Gasteiger partial charge < -0.3 is 15.0 Å². The SMILES string of the molecule is CC(C)(C)OC(=O)[C@@H](N)Cn1oc(=O)[nH]c1=O. The van der Waals surface area contributed by atoms with E-state index < -0.39 is 29.1 Å². The minimum Gasteiger partial charge on any atom is -0.459 e. The van der Waals surface area contributed by atoms with E-state index in [9.17, 15) is 14.4 Å². The highest BCUT2D eigenvalue weighted by Gasteiger charge is 2.23. The summed E-state index contributed by atoms with van der Waals surface area (Å²) in [6.45, 7) is 4.83. The quantitative estimate of drug-likeness (QED) is 0.645. The topological polar surface area (TPSA) is 120 Å². The van der Waals surface area contributed by atoms with Crippen LogP contribution in [0.3, 0.4) is 0 Å². The molecule has 0 saturated carbocycles. The summed E-state index contributed by atoms with van der Waals surface area (Å²) >= 11 is 0. The van der Waals surface area contributed by atoms with Crippen molar-refractivity contribution in [3.63, 3.8) is 0 Å². The van der Waals surface area contributed by atoms with Gasteiger partial charge in [-0.1, -0.05) is 0 Å². The van der Waals surface area contributed by atoms with Gasteiger partial charge in [0, 0.05) is 0 Å². The van der Waals surface area contributed by atoms with E-state index in [1.165, 1.54) is 0 Å². The Labute approximate surface area is 96.3 Å². The van der Waals surface area contributed by atoms with Crippen molar-refractivity contribution in [3.8, 4) is 0 Å². The van der Waals surface area contributed by atoms with Crippen LogP contribution in [0.4, 0.5) is 0 Å². The van der Waals surface area contributed by atoms with Gasteiger partial charge in [-0.15, -0.1) is 4.74 Å². The van der Waals surface area contributed by atoms with E-state index in [0.717, 1.165) is 0 Å².